The van der Waals surface area contributed by atoms with Gasteiger partial charge in [-0.1, -0.05) is 15.9 Å². The molecule has 0 aliphatic heterocycles. The summed E-state index contributed by atoms with van der Waals surface area (Å²) in [5.41, 5.74) is 0.217. The summed E-state index contributed by atoms with van der Waals surface area (Å²) in [6.07, 6.45) is -2.65. The second-order valence-corrected chi connectivity index (χ2v) is 4.65. The van der Waals surface area contributed by atoms with E-state index < -0.39 is 11.7 Å². The van der Waals surface area contributed by atoms with Crippen molar-refractivity contribution in [3.8, 4) is 0 Å². The molecule has 0 bridgehead atoms. The van der Waals surface area contributed by atoms with Gasteiger partial charge in [0.2, 0.25) is 0 Å². The number of aromatic nitrogens is 1. The molecule has 2 aromatic rings. The molecular formula is C12H10BrF3N2. The second-order valence-electron chi connectivity index (χ2n) is 3.74. The number of aromatic amines is 1. The van der Waals surface area contributed by atoms with Gasteiger partial charge in [-0.15, -0.1) is 0 Å². The van der Waals surface area contributed by atoms with Gasteiger partial charge in [-0.3, -0.25) is 0 Å². The van der Waals surface area contributed by atoms with Crippen molar-refractivity contribution in [1.82, 2.24) is 4.98 Å². The number of halogens is 4. The van der Waals surface area contributed by atoms with Gasteiger partial charge < -0.3 is 10.3 Å². The molecule has 1 aromatic carbocycles. The van der Waals surface area contributed by atoms with Crippen LogP contribution in [0.4, 0.5) is 18.9 Å². The molecule has 0 spiro atoms. The van der Waals surface area contributed by atoms with E-state index in [1.54, 1.807) is 24.4 Å². The minimum absolute atomic E-state index is 0.0697. The molecule has 0 saturated carbocycles. The minimum Gasteiger partial charge on any atom is -0.379 e. The van der Waals surface area contributed by atoms with Gasteiger partial charge in [-0.2, -0.15) is 13.2 Å². The predicted molar refractivity (Wildman–Crippen MR) is 67.3 cm³/mol. The van der Waals surface area contributed by atoms with Crippen molar-refractivity contribution >= 4 is 21.6 Å². The molecule has 0 radical (unpaired) electrons. The smallest absolute Gasteiger partial charge is 0.379 e. The van der Waals surface area contributed by atoms with Crippen LogP contribution in [0.1, 0.15) is 11.3 Å². The quantitative estimate of drug-likeness (QED) is 0.862. The Hall–Kier alpha value is -1.43. The van der Waals surface area contributed by atoms with E-state index >= 15 is 0 Å². The number of rotatable bonds is 3. The van der Waals surface area contributed by atoms with Crippen LogP contribution in [0.25, 0.3) is 0 Å². The lowest BCUT2D eigenvalue weighted by Gasteiger charge is -2.14. The second kappa shape index (κ2) is 5.06. The van der Waals surface area contributed by atoms with Gasteiger partial charge in [-0.05, 0) is 30.3 Å². The van der Waals surface area contributed by atoms with Crippen LogP contribution in [0, 0.1) is 0 Å². The van der Waals surface area contributed by atoms with E-state index in [9.17, 15) is 13.2 Å². The Morgan fingerprint density at radius 2 is 2.00 bits per heavy atom. The van der Waals surface area contributed by atoms with Crippen LogP contribution in [-0.2, 0) is 12.7 Å². The summed E-state index contributed by atoms with van der Waals surface area (Å²) in [4.78, 5) is 2.92. The summed E-state index contributed by atoms with van der Waals surface area (Å²) in [6.45, 7) is 0.317. The van der Waals surface area contributed by atoms with E-state index in [-0.39, 0.29) is 5.69 Å². The molecule has 96 valence electrons. The van der Waals surface area contributed by atoms with Crippen molar-refractivity contribution in [1.29, 1.82) is 0 Å². The minimum atomic E-state index is -4.37. The highest BCUT2D eigenvalue weighted by atomic mass is 79.9. The molecule has 0 fully saturated rings. The van der Waals surface area contributed by atoms with Crippen molar-refractivity contribution in [2.24, 2.45) is 0 Å². The van der Waals surface area contributed by atoms with Crippen LogP contribution in [-0.4, -0.2) is 4.98 Å². The largest absolute Gasteiger partial charge is 0.418 e. The van der Waals surface area contributed by atoms with Crippen molar-refractivity contribution in [2.75, 3.05) is 5.32 Å². The van der Waals surface area contributed by atoms with Crippen molar-refractivity contribution in [2.45, 2.75) is 12.7 Å². The molecule has 6 heteroatoms. The first kappa shape index (κ1) is 13.0. The zero-order valence-electron chi connectivity index (χ0n) is 9.18. The molecular weight excluding hydrogens is 309 g/mol. The number of H-pyrrole nitrogens is 1. The summed E-state index contributed by atoms with van der Waals surface area (Å²) >= 11 is 3.04. The zero-order chi connectivity index (χ0) is 13.2. The van der Waals surface area contributed by atoms with Gasteiger partial charge in [-0.25, -0.2) is 0 Å². The molecule has 0 amide bonds. The van der Waals surface area contributed by atoms with Crippen LogP contribution >= 0.6 is 15.9 Å². The van der Waals surface area contributed by atoms with Gasteiger partial charge in [0.25, 0.3) is 0 Å². The predicted octanol–water partition coefficient (Wildman–Crippen LogP) is 4.41. The number of hydrogen-bond donors (Lipinski definition) is 2. The van der Waals surface area contributed by atoms with Crippen LogP contribution in [0.2, 0.25) is 0 Å². The molecule has 0 aliphatic rings. The van der Waals surface area contributed by atoms with Crippen molar-refractivity contribution < 1.29 is 13.2 Å². The van der Waals surface area contributed by atoms with Crippen LogP contribution in [0.3, 0.4) is 0 Å². The number of benzene rings is 1. The molecule has 0 saturated heterocycles. The average molecular weight is 319 g/mol. The molecule has 0 atom stereocenters. The van der Waals surface area contributed by atoms with E-state index in [4.69, 9.17) is 0 Å². The third-order valence-electron chi connectivity index (χ3n) is 2.42. The SMILES string of the molecule is FC(F)(F)c1cc(Br)ccc1NCc1ccc[nH]1. The Bertz CT molecular complexity index is 521. The maximum absolute atomic E-state index is 12.8. The number of hydrogen-bond acceptors (Lipinski definition) is 1. The van der Waals surface area contributed by atoms with Crippen molar-refractivity contribution in [3.05, 3.63) is 52.3 Å². The summed E-state index contributed by atoms with van der Waals surface area (Å²) in [5.74, 6) is 0. The Kier molecular flexibility index (Phi) is 3.65. The maximum Gasteiger partial charge on any atom is 0.418 e. The fraction of sp³-hybridized carbons (Fsp3) is 0.167. The zero-order valence-corrected chi connectivity index (χ0v) is 10.8. The highest BCUT2D eigenvalue weighted by molar-refractivity contribution is 9.10. The van der Waals surface area contributed by atoms with Crippen LogP contribution in [0.5, 0.6) is 0 Å². The number of anilines is 1. The molecule has 0 aliphatic carbocycles. The lowest BCUT2D eigenvalue weighted by atomic mass is 10.1. The third kappa shape index (κ3) is 3.07. The first-order valence-electron chi connectivity index (χ1n) is 5.20. The van der Waals surface area contributed by atoms with E-state index in [2.05, 4.69) is 26.2 Å². The van der Waals surface area contributed by atoms with Gasteiger partial charge in [0.1, 0.15) is 0 Å². The Morgan fingerprint density at radius 1 is 1.22 bits per heavy atom. The first-order valence-corrected chi connectivity index (χ1v) is 5.99. The fourth-order valence-electron chi connectivity index (χ4n) is 1.57. The standard InChI is InChI=1S/C12H10BrF3N2/c13-8-3-4-11(10(6-8)12(14,15)16)18-7-9-2-1-5-17-9/h1-6,17-18H,7H2. The topological polar surface area (TPSA) is 27.8 Å². The van der Waals surface area contributed by atoms with E-state index in [0.717, 1.165) is 11.8 Å². The summed E-state index contributed by atoms with van der Waals surface area (Å²) < 4.78 is 38.9. The monoisotopic (exact) mass is 318 g/mol. The van der Waals surface area contributed by atoms with E-state index in [0.29, 0.717) is 11.0 Å². The molecule has 2 N–H and O–H groups in total. The lowest BCUT2D eigenvalue weighted by molar-refractivity contribution is -0.137. The third-order valence-corrected chi connectivity index (χ3v) is 2.91. The first-order chi connectivity index (χ1) is 8.47. The number of nitrogens with one attached hydrogen (secondary N) is 2. The van der Waals surface area contributed by atoms with Gasteiger partial charge in [0.15, 0.2) is 0 Å². The summed E-state index contributed by atoms with van der Waals surface area (Å²) in [6, 6.07) is 7.65. The van der Waals surface area contributed by atoms with Crippen LogP contribution < -0.4 is 5.32 Å². The van der Waals surface area contributed by atoms with Gasteiger partial charge in [0, 0.05) is 22.1 Å². The van der Waals surface area contributed by atoms with Gasteiger partial charge >= 0.3 is 6.18 Å². The molecule has 2 rings (SSSR count). The Balaban J connectivity index is 2.22. The molecule has 1 heterocycles. The normalized spacial score (nSPS) is 11.6. The Morgan fingerprint density at radius 3 is 2.61 bits per heavy atom. The molecule has 2 nitrogen and oxygen atoms in total. The molecule has 0 unspecified atom stereocenters. The average Bonchev–Trinajstić information content (AvgIpc) is 2.79. The molecule has 1 aromatic heterocycles. The lowest BCUT2D eigenvalue weighted by Crippen LogP contribution is -2.11. The van der Waals surface area contributed by atoms with Crippen LogP contribution in [0.15, 0.2) is 41.0 Å². The van der Waals surface area contributed by atoms with E-state index in [1.807, 2.05) is 0 Å². The summed E-state index contributed by atoms with van der Waals surface area (Å²) in [7, 11) is 0. The maximum atomic E-state index is 12.8. The van der Waals surface area contributed by atoms with Crippen molar-refractivity contribution in [3.63, 3.8) is 0 Å². The fourth-order valence-corrected chi connectivity index (χ4v) is 1.93. The summed E-state index contributed by atoms with van der Waals surface area (Å²) in [5, 5.41) is 2.78. The highest BCUT2D eigenvalue weighted by Crippen LogP contribution is 2.36. The highest BCUT2D eigenvalue weighted by Gasteiger charge is 2.33. The molecule has 18 heavy (non-hydrogen) atoms. The number of alkyl halides is 3. The Labute approximate surface area is 110 Å². The van der Waals surface area contributed by atoms with E-state index in [1.165, 1.54) is 6.07 Å². The van der Waals surface area contributed by atoms with Gasteiger partial charge in [0.05, 0.1) is 12.1 Å².